The Morgan fingerprint density at radius 1 is 1.00 bits per heavy atom. The average molecular weight is 435 g/mol. The second-order valence-corrected chi connectivity index (χ2v) is 7.51. The lowest BCUT2D eigenvalue weighted by molar-refractivity contribution is -0.137. The van der Waals surface area contributed by atoms with Crippen LogP contribution < -0.4 is 5.32 Å². The van der Waals surface area contributed by atoms with Crippen molar-refractivity contribution in [3.05, 3.63) is 94.5 Å². The van der Waals surface area contributed by atoms with E-state index in [1.165, 1.54) is 6.07 Å². The number of alkyl halides is 3. The van der Waals surface area contributed by atoms with Gasteiger partial charge in [0.15, 0.2) is 0 Å². The van der Waals surface area contributed by atoms with Crippen molar-refractivity contribution < 1.29 is 22.7 Å². The molecule has 0 heterocycles. The molecule has 1 amide bonds. The highest BCUT2D eigenvalue weighted by Gasteiger charge is 2.31. The lowest BCUT2D eigenvalue weighted by atomic mass is 9.98. The molecule has 1 aliphatic carbocycles. The van der Waals surface area contributed by atoms with Gasteiger partial charge in [-0.05, 0) is 46.9 Å². The first-order chi connectivity index (χ1) is 15.3. The van der Waals surface area contributed by atoms with E-state index in [1.807, 2.05) is 36.4 Å². The van der Waals surface area contributed by atoms with E-state index in [0.29, 0.717) is 5.56 Å². The van der Waals surface area contributed by atoms with E-state index in [-0.39, 0.29) is 24.6 Å². The highest BCUT2D eigenvalue weighted by molar-refractivity contribution is 5.79. The Morgan fingerprint density at radius 3 is 2.25 bits per heavy atom. The van der Waals surface area contributed by atoms with Crippen LogP contribution in [0.1, 0.15) is 33.7 Å². The van der Waals surface area contributed by atoms with Gasteiger partial charge in [0.05, 0.1) is 12.1 Å². The third-order valence-corrected chi connectivity index (χ3v) is 5.45. The predicted molar refractivity (Wildman–Crippen MR) is 116 cm³/mol. The number of benzene rings is 3. The van der Waals surface area contributed by atoms with Gasteiger partial charge in [0.1, 0.15) is 6.61 Å². The van der Waals surface area contributed by atoms with Crippen LogP contribution in [0.3, 0.4) is 0 Å². The quantitative estimate of drug-likeness (QED) is 0.520. The van der Waals surface area contributed by atoms with Gasteiger partial charge >= 0.3 is 12.3 Å². The molecule has 0 atom stereocenters. The molecule has 4 rings (SSSR count). The molecule has 1 aliphatic rings. The van der Waals surface area contributed by atoms with Crippen molar-refractivity contribution in [2.75, 3.05) is 13.2 Å². The van der Waals surface area contributed by atoms with Gasteiger partial charge in [0.2, 0.25) is 0 Å². The maximum atomic E-state index is 12.9. The smallest absolute Gasteiger partial charge is 0.416 e. The number of hydrogen-bond acceptors (Lipinski definition) is 2. The summed E-state index contributed by atoms with van der Waals surface area (Å²) in [6.45, 7) is 1.83. The topological polar surface area (TPSA) is 38.3 Å². The molecule has 0 fully saturated rings. The molecule has 0 bridgehead atoms. The molecular weight excluding hydrogens is 415 g/mol. The van der Waals surface area contributed by atoms with Crippen LogP contribution in [0.5, 0.6) is 0 Å². The van der Waals surface area contributed by atoms with Crippen molar-refractivity contribution in [2.45, 2.75) is 19.0 Å². The van der Waals surface area contributed by atoms with Gasteiger partial charge in [-0.15, -0.1) is 0 Å². The maximum absolute atomic E-state index is 12.9. The number of ether oxygens (including phenoxy) is 1. The van der Waals surface area contributed by atoms with Gasteiger partial charge in [0, 0.05) is 11.5 Å². The maximum Gasteiger partial charge on any atom is 0.416 e. The molecule has 3 nitrogen and oxygen atoms in total. The first kappa shape index (κ1) is 21.5. The molecule has 6 heteroatoms. The minimum atomic E-state index is -4.43. The summed E-state index contributed by atoms with van der Waals surface area (Å²) < 4.78 is 44.0. The van der Waals surface area contributed by atoms with E-state index in [1.54, 1.807) is 6.92 Å². The fraction of sp³-hybridized carbons (Fsp3) is 0.192. The van der Waals surface area contributed by atoms with Crippen LogP contribution in [0.25, 0.3) is 11.1 Å². The van der Waals surface area contributed by atoms with E-state index >= 15 is 0 Å². The van der Waals surface area contributed by atoms with Crippen molar-refractivity contribution in [1.82, 2.24) is 5.32 Å². The Hall–Kier alpha value is -3.72. The Bertz CT molecular complexity index is 1180. The predicted octanol–water partition coefficient (Wildman–Crippen LogP) is 5.90. The van der Waals surface area contributed by atoms with Gasteiger partial charge in [-0.3, -0.25) is 0 Å². The molecule has 3 aromatic carbocycles. The highest BCUT2D eigenvalue weighted by atomic mass is 19.4. The van der Waals surface area contributed by atoms with Crippen LogP contribution in [-0.2, 0) is 10.9 Å². The van der Waals surface area contributed by atoms with Crippen molar-refractivity contribution in [3.8, 4) is 23.0 Å². The summed E-state index contributed by atoms with van der Waals surface area (Å²) in [4.78, 5) is 12.1. The Morgan fingerprint density at radius 2 is 1.62 bits per heavy atom. The van der Waals surface area contributed by atoms with Gasteiger partial charge in [0.25, 0.3) is 0 Å². The first-order valence-electron chi connectivity index (χ1n) is 10.1. The molecule has 0 radical (unpaired) electrons. The van der Waals surface area contributed by atoms with Gasteiger partial charge in [-0.1, -0.05) is 66.4 Å². The molecule has 0 unspecified atom stereocenters. The average Bonchev–Trinajstić information content (AvgIpc) is 3.09. The Balaban J connectivity index is 1.36. The third-order valence-electron chi connectivity index (χ3n) is 5.45. The summed E-state index contributed by atoms with van der Waals surface area (Å²) in [5.41, 5.74) is 4.65. The van der Waals surface area contributed by atoms with Crippen LogP contribution >= 0.6 is 0 Å². The highest BCUT2D eigenvalue weighted by Crippen LogP contribution is 2.44. The van der Waals surface area contributed by atoms with Crippen LogP contribution in [-0.4, -0.2) is 19.2 Å². The molecule has 0 aromatic heterocycles. The Labute approximate surface area is 184 Å². The van der Waals surface area contributed by atoms with Crippen molar-refractivity contribution in [2.24, 2.45) is 0 Å². The molecular formula is C26H20F3NO2. The van der Waals surface area contributed by atoms with Crippen molar-refractivity contribution >= 4 is 6.09 Å². The number of carbonyl (C=O) groups excluding carboxylic acids is 1. The number of hydrogen-bond donors (Lipinski definition) is 1. The van der Waals surface area contributed by atoms with Crippen LogP contribution in [0.2, 0.25) is 0 Å². The van der Waals surface area contributed by atoms with E-state index < -0.39 is 17.8 Å². The second kappa shape index (κ2) is 8.80. The summed E-state index contributed by atoms with van der Waals surface area (Å²) in [5.74, 6) is 5.32. The SMILES string of the molecule is Cc1ccc(C(F)(F)F)cc1C#CCNC(=O)OCC1c2ccccc2-c2ccccc21. The summed E-state index contributed by atoms with van der Waals surface area (Å²) in [6, 6.07) is 19.5. The van der Waals surface area contributed by atoms with E-state index in [2.05, 4.69) is 29.3 Å². The zero-order chi connectivity index (χ0) is 22.7. The number of alkyl carbamates (subject to hydrolysis) is 1. The molecule has 0 saturated heterocycles. The lowest BCUT2D eigenvalue weighted by Crippen LogP contribution is -2.26. The Kier molecular flexibility index (Phi) is 5.91. The lowest BCUT2D eigenvalue weighted by Gasteiger charge is -2.14. The summed E-state index contributed by atoms with van der Waals surface area (Å²) in [6.07, 6.45) is -5.05. The first-order valence-corrected chi connectivity index (χ1v) is 10.1. The number of halogens is 3. The zero-order valence-electron chi connectivity index (χ0n) is 17.3. The number of rotatable bonds is 3. The van der Waals surface area contributed by atoms with E-state index in [4.69, 9.17) is 4.74 Å². The van der Waals surface area contributed by atoms with Crippen LogP contribution in [0.15, 0.2) is 66.7 Å². The number of amides is 1. The number of fused-ring (bicyclic) bond motifs is 3. The standard InChI is InChI=1S/C26H20F3NO2/c1-17-12-13-19(26(27,28)29)15-18(17)7-6-14-30-25(31)32-16-24-22-10-4-2-8-20(22)21-9-3-5-11-23(21)24/h2-5,8-13,15,24H,14,16H2,1H3,(H,30,31). The van der Waals surface area contributed by atoms with Gasteiger partial charge in [-0.25, -0.2) is 4.79 Å². The second-order valence-electron chi connectivity index (χ2n) is 7.51. The number of carbonyl (C=O) groups is 1. The summed E-state index contributed by atoms with van der Waals surface area (Å²) >= 11 is 0. The molecule has 0 saturated carbocycles. The van der Waals surface area contributed by atoms with Gasteiger partial charge in [-0.2, -0.15) is 13.2 Å². The molecule has 32 heavy (non-hydrogen) atoms. The van der Waals surface area contributed by atoms with Crippen molar-refractivity contribution in [1.29, 1.82) is 0 Å². The summed E-state index contributed by atoms with van der Waals surface area (Å²) in [5, 5.41) is 2.53. The van der Waals surface area contributed by atoms with Crippen LogP contribution in [0, 0.1) is 18.8 Å². The van der Waals surface area contributed by atoms with E-state index in [9.17, 15) is 18.0 Å². The molecule has 0 spiro atoms. The number of aryl methyl sites for hydroxylation is 1. The summed E-state index contributed by atoms with van der Waals surface area (Å²) in [7, 11) is 0. The largest absolute Gasteiger partial charge is 0.449 e. The van der Waals surface area contributed by atoms with Crippen LogP contribution in [0.4, 0.5) is 18.0 Å². The molecule has 162 valence electrons. The fourth-order valence-corrected chi connectivity index (χ4v) is 3.84. The normalized spacial score (nSPS) is 12.4. The van der Waals surface area contributed by atoms with Gasteiger partial charge < -0.3 is 10.1 Å². The molecule has 0 aliphatic heterocycles. The molecule has 3 aromatic rings. The number of nitrogens with one attached hydrogen (secondary N) is 1. The molecule has 1 N–H and O–H groups in total. The monoisotopic (exact) mass is 435 g/mol. The zero-order valence-corrected chi connectivity index (χ0v) is 17.3. The third kappa shape index (κ3) is 4.47. The fourth-order valence-electron chi connectivity index (χ4n) is 3.84. The van der Waals surface area contributed by atoms with Crippen molar-refractivity contribution in [3.63, 3.8) is 0 Å². The van der Waals surface area contributed by atoms with E-state index in [0.717, 1.165) is 34.4 Å². The minimum absolute atomic E-state index is 0.0354. The minimum Gasteiger partial charge on any atom is -0.449 e.